The number of amides is 1. The fraction of sp³-hybridized carbons (Fsp3) is 0.214. The third-order valence-electron chi connectivity index (χ3n) is 2.66. The second-order valence-corrected chi connectivity index (χ2v) is 5.12. The summed E-state index contributed by atoms with van der Waals surface area (Å²) in [7, 11) is 0. The third kappa shape index (κ3) is 2.64. The van der Waals surface area contributed by atoms with Crippen LogP contribution < -0.4 is 5.32 Å². The first-order chi connectivity index (χ1) is 8.47. The molecule has 3 nitrogen and oxygen atoms in total. The maximum atomic E-state index is 12.1. The van der Waals surface area contributed by atoms with Crippen LogP contribution in [0.5, 0.6) is 0 Å². The highest BCUT2D eigenvalue weighted by molar-refractivity contribution is 9.10. The summed E-state index contributed by atoms with van der Waals surface area (Å²) in [5, 5.41) is 2.86. The molecule has 0 saturated carbocycles. The molecule has 2 rings (SSSR count). The molecule has 18 heavy (non-hydrogen) atoms. The SMILES string of the molecule is Cc1ccc(NC(=O)c2cc(C)oc2C)c(Br)c1. The number of hydrogen-bond donors (Lipinski definition) is 1. The van der Waals surface area contributed by atoms with Gasteiger partial charge in [-0.25, -0.2) is 0 Å². The summed E-state index contributed by atoms with van der Waals surface area (Å²) >= 11 is 3.43. The number of nitrogens with one attached hydrogen (secondary N) is 1. The van der Waals surface area contributed by atoms with Gasteiger partial charge in [0.15, 0.2) is 0 Å². The molecule has 0 fully saturated rings. The zero-order chi connectivity index (χ0) is 13.3. The second kappa shape index (κ2) is 4.98. The van der Waals surface area contributed by atoms with Gasteiger partial charge in [-0.3, -0.25) is 4.79 Å². The van der Waals surface area contributed by atoms with Crippen molar-refractivity contribution in [2.75, 3.05) is 5.32 Å². The van der Waals surface area contributed by atoms with Gasteiger partial charge in [0.1, 0.15) is 11.5 Å². The van der Waals surface area contributed by atoms with Gasteiger partial charge in [0.2, 0.25) is 0 Å². The normalized spacial score (nSPS) is 10.4. The van der Waals surface area contributed by atoms with Crippen LogP contribution in [0.1, 0.15) is 27.4 Å². The Labute approximate surface area is 114 Å². The van der Waals surface area contributed by atoms with Crippen molar-refractivity contribution < 1.29 is 9.21 Å². The van der Waals surface area contributed by atoms with Gasteiger partial charge in [0.25, 0.3) is 5.91 Å². The van der Waals surface area contributed by atoms with Gasteiger partial charge >= 0.3 is 0 Å². The van der Waals surface area contributed by atoms with Crippen LogP contribution in [-0.4, -0.2) is 5.91 Å². The first kappa shape index (κ1) is 12.9. The zero-order valence-corrected chi connectivity index (χ0v) is 12.1. The molecule has 0 aliphatic rings. The van der Waals surface area contributed by atoms with Gasteiger partial charge in [-0.2, -0.15) is 0 Å². The van der Waals surface area contributed by atoms with E-state index < -0.39 is 0 Å². The van der Waals surface area contributed by atoms with Crippen LogP contribution in [0, 0.1) is 20.8 Å². The largest absolute Gasteiger partial charge is 0.466 e. The number of anilines is 1. The Hall–Kier alpha value is -1.55. The average Bonchev–Trinajstić information content (AvgIpc) is 2.62. The van der Waals surface area contributed by atoms with E-state index >= 15 is 0 Å². The number of carbonyl (C=O) groups excluding carboxylic acids is 1. The number of carbonyl (C=O) groups is 1. The lowest BCUT2D eigenvalue weighted by molar-refractivity contribution is 0.102. The molecule has 0 spiro atoms. The van der Waals surface area contributed by atoms with Crippen molar-refractivity contribution in [2.24, 2.45) is 0 Å². The highest BCUT2D eigenvalue weighted by atomic mass is 79.9. The molecule has 0 unspecified atom stereocenters. The van der Waals surface area contributed by atoms with E-state index in [1.807, 2.05) is 32.0 Å². The van der Waals surface area contributed by atoms with E-state index in [0.717, 1.165) is 21.5 Å². The fourth-order valence-electron chi connectivity index (χ4n) is 1.77. The molecule has 0 atom stereocenters. The minimum Gasteiger partial charge on any atom is -0.466 e. The van der Waals surface area contributed by atoms with E-state index in [1.54, 1.807) is 13.0 Å². The summed E-state index contributed by atoms with van der Waals surface area (Å²) in [6, 6.07) is 7.53. The van der Waals surface area contributed by atoms with Gasteiger partial charge in [0, 0.05) is 4.47 Å². The van der Waals surface area contributed by atoms with Crippen molar-refractivity contribution >= 4 is 27.5 Å². The maximum absolute atomic E-state index is 12.1. The minimum absolute atomic E-state index is 0.158. The summed E-state index contributed by atoms with van der Waals surface area (Å²) in [5.41, 5.74) is 2.46. The molecule has 1 aromatic heterocycles. The van der Waals surface area contributed by atoms with Crippen molar-refractivity contribution in [2.45, 2.75) is 20.8 Å². The maximum Gasteiger partial charge on any atom is 0.259 e. The van der Waals surface area contributed by atoms with Gasteiger partial charge in [-0.1, -0.05) is 6.07 Å². The van der Waals surface area contributed by atoms with E-state index in [4.69, 9.17) is 4.42 Å². The summed E-state index contributed by atoms with van der Waals surface area (Å²) in [4.78, 5) is 12.1. The number of hydrogen-bond acceptors (Lipinski definition) is 2. The number of benzene rings is 1. The second-order valence-electron chi connectivity index (χ2n) is 4.26. The van der Waals surface area contributed by atoms with Gasteiger partial charge in [-0.15, -0.1) is 0 Å². The molecular formula is C14H14BrNO2. The summed E-state index contributed by atoms with van der Waals surface area (Å²) in [5.74, 6) is 1.21. The van der Waals surface area contributed by atoms with Crippen LogP contribution in [0.3, 0.4) is 0 Å². The van der Waals surface area contributed by atoms with Gasteiger partial charge < -0.3 is 9.73 Å². The summed E-state index contributed by atoms with van der Waals surface area (Å²) in [6.45, 7) is 5.61. The molecule has 0 aliphatic heterocycles. The predicted octanol–water partition coefficient (Wildman–Crippen LogP) is 4.22. The van der Waals surface area contributed by atoms with E-state index in [1.165, 1.54) is 0 Å². The Morgan fingerprint density at radius 1 is 1.22 bits per heavy atom. The number of halogens is 1. The van der Waals surface area contributed by atoms with Crippen molar-refractivity contribution in [1.29, 1.82) is 0 Å². The van der Waals surface area contributed by atoms with Crippen molar-refractivity contribution in [3.8, 4) is 0 Å². The molecule has 2 aromatic rings. The highest BCUT2D eigenvalue weighted by Crippen LogP contribution is 2.24. The van der Waals surface area contributed by atoms with Crippen LogP contribution in [0.25, 0.3) is 0 Å². The highest BCUT2D eigenvalue weighted by Gasteiger charge is 2.14. The lowest BCUT2D eigenvalue weighted by Crippen LogP contribution is -2.12. The van der Waals surface area contributed by atoms with Crippen molar-refractivity contribution in [3.05, 3.63) is 51.4 Å². The smallest absolute Gasteiger partial charge is 0.259 e. The minimum atomic E-state index is -0.158. The molecule has 94 valence electrons. The molecular weight excluding hydrogens is 294 g/mol. The van der Waals surface area contributed by atoms with E-state index in [0.29, 0.717) is 11.3 Å². The molecule has 1 amide bonds. The fourth-order valence-corrected chi connectivity index (χ4v) is 2.36. The standard InChI is InChI=1S/C14H14BrNO2/c1-8-4-5-13(12(15)6-8)16-14(17)11-7-9(2)18-10(11)3/h4-7H,1-3H3,(H,16,17). The van der Waals surface area contributed by atoms with Crippen LogP contribution in [0.4, 0.5) is 5.69 Å². The van der Waals surface area contributed by atoms with Gasteiger partial charge in [0.05, 0.1) is 11.3 Å². The van der Waals surface area contributed by atoms with E-state index in [2.05, 4.69) is 21.2 Å². The molecule has 0 bridgehead atoms. The summed E-state index contributed by atoms with van der Waals surface area (Å²) < 4.78 is 6.22. The zero-order valence-electron chi connectivity index (χ0n) is 10.5. The molecule has 1 aromatic carbocycles. The van der Waals surface area contributed by atoms with Crippen LogP contribution >= 0.6 is 15.9 Å². The van der Waals surface area contributed by atoms with E-state index in [-0.39, 0.29) is 5.91 Å². The van der Waals surface area contributed by atoms with Crippen LogP contribution in [-0.2, 0) is 0 Å². The first-order valence-corrected chi connectivity index (χ1v) is 6.41. The Morgan fingerprint density at radius 3 is 2.50 bits per heavy atom. The molecule has 0 radical (unpaired) electrons. The van der Waals surface area contributed by atoms with Crippen LogP contribution in [0.2, 0.25) is 0 Å². The van der Waals surface area contributed by atoms with E-state index in [9.17, 15) is 4.79 Å². The molecule has 4 heteroatoms. The Balaban J connectivity index is 2.24. The third-order valence-corrected chi connectivity index (χ3v) is 3.31. The lowest BCUT2D eigenvalue weighted by atomic mass is 10.2. The number of rotatable bonds is 2. The molecule has 1 heterocycles. The van der Waals surface area contributed by atoms with Crippen molar-refractivity contribution in [3.63, 3.8) is 0 Å². The monoisotopic (exact) mass is 307 g/mol. The first-order valence-electron chi connectivity index (χ1n) is 5.62. The molecule has 1 N–H and O–H groups in total. The Morgan fingerprint density at radius 2 is 1.94 bits per heavy atom. The topological polar surface area (TPSA) is 42.2 Å². The quantitative estimate of drug-likeness (QED) is 0.902. The molecule has 0 aliphatic carbocycles. The molecule has 0 saturated heterocycles. The van der Waals surface area contributed by atoms with Crippen molar-refractivity contribution in [1.82, 2.24) is 0 Å². The Kier molecular flexibility index (Phi) is 3.57. The van der Waals surface area contributed by atoms with Crippen LogP contribution in [0.15, 0.2) is 33.2 Å². The Bertz CT molecular complexity index is 602. The average molecular weight is 308 g/mol. The van der Waals surface area contributed by atoms with Gasteiger partial charge in [-0.05, 0) is 60.5 Å². The number of aryl methyl sites for hydroxylation is 3. The lowest BCUT2D eigenvalue weighted by Gasteiger charge is -2.07. The summed E-state index contributed by atoms with van der Waals surface area (Å²) in [6.07, 6.45) is 0. The predicted molar refractivity (Wildman–Crippen MR) is 75.0 cm³/mol. The number of furan rings is 1.